The highest BCUT2D eigenvalue weighted by atomic mass is 16.2. The summed E-state index contributed by atoms with van der Waals surface area (Å²) in [4.78, 5) is 25.4. The van der Waals surface area contributed by atoms with Gasteiger partial charge >= 0.3 is 0 Å². The van der Waals surface area contributed by atoms with E-state index in [1.54, 1.807) is 14.1 Å². The van der Waals surface area contributed by atoms with Crippen LogP contribution in [-0.2, 0) is 9.59 Å². The quantitative estimate of drug-likeness (QED) is 0.724. The molecule has 0 rings (SSSR count). The third-order valence-electron chi connectivity index (χ3n) is 3.06. The molecule has 0 bridgehead atoms. The maximum Gasteiger partial charge on any atom is 0.244 e. The fourth-order valence-corrected chi connectivity index (χ4v) is 1.71. The Bertz CT molecular complexity index is 301. The van der Waals surface area contributed by atoms with E-state index in [0.29, 0.717) is 12.3 Å². The maximum absolute atomic E-state index is 12.0. The van der Waals surface area contributed by atoms with Gasteiger partial charge in [-0.15, -0.1) is 0 Å². The van der Waals surface area contributed by atoms with Gasteiger partial charge in [0.25, 0.3) is 0 Å². The number of rotatable bonds is 7. The second kappa shape index (κ2) is 8.15. The van der Waals surface area contributed by atoms with Crippen LogP contribution >= 0.6 is 0 Å². The van der Waals surface area contributed by atoms with Crippen molar-refractivity contribution in [1.82, 2.24) is 10.2 Å². The van der Waals surface area contributed by atoms with E-state index in [9.17, 15) is 9.59 Å². The second-order valence-electron chi connectivity index (χ2n) is 6.09. The highest BCUT2D eigenvalue weighted by Crippen LogP contribution is 2.08. The van der Waals surface area contributed by atoms with Crippen molar-refractivity contribution in [3.63, 3.8) is 0 Å². The summed E-state index contributed by atoms with van der Waals surface area (Å²) in [5.41, 5.74) is 5.87. The first kappa shape index (κ1) is 17.9. The number of carbonyl (C=O) groups excluding carboxylic acids is 2. The highest BCUT2D eigenvalue weighted by Gasteiger charge is 2.24. The summed E-state index contributed by atoms with van der Waals surface area (Å²) >= 11 is 0. The van der Waals surface area contributed by atoms with Crippen LogP contribution in [0.15, 0.2) is 0 Å². The summed E-state index contributed by atoms with van der Waals surface area (Å²) < 4.78 is 0. The number of carbonyl (C=O) groups is 2. The zero-order valence-corrected chi connectivity index (χ0v) is 13.1. The summed E-state index contributed by atoms with van der Waals surface area (Å²) in [6, 6.07) is -0.629. The predicted octanol–water partition coefficient (Wildman–Crippen LogP) is 0.979. The van der Waals surface area contributed by atoms with E-state index in [4.69, 9.17) is 5.73 Å². The number of hydrogen-bond donors (Lipinski definition) is 2. The molecule has 0 spiro atoms. The van der Waals surface area contributed by atoms with E-state index in [-0.39, 0.29) is 30.2 Å². The average Bonchev–Trinajstić information content (AvgIpc) is 2.25. The van der Waals surface area contributed by atoms with E-state index in [1.165, 1.54) is 4.90 Å². The number of nitrogens with one attached hydrogen (secondary N) is 1. The fraction of sp³-hybridized carbons (Fsp3) is 0.857. The monoisotopic (exact) mass is 271 g/mol. The molecule has 5 nitrogen and oxygen atoms in total. The molecule has 0 aromatic heterocycles. The third kappa shape index (κ3) is 7.15. The van der Waals surface area contributed by atoms with Crippen LogP contribution in [0.25, 0.3) is 0 Å². The van der Waals surface area contributed by atoms with Crippen LogP contribution in [0.1, 0.15) is 40.5 Å². The molecule has 0 saturated heterocycles. The first-order valence-corrected chi connectivity index (χ1v) is 6.91. The van der Waals surface area contributed by atoms with Gasteiger partial charge in [0.1, 0.15) is 6.04 Å². The Kier molecular flexibility index (Phi) is 7.68. The molecule has 0 aliphatic heterocycles. The zero-order valence-electron chi connectivity index (χ0n) is 13.1. The largest absolute Gasteiger partial charge is 0.347 e. The average molecular weight is 271 g/mol. The number of amides is 2. The van der Waals surface area contributed by atoms with Gasteiger partial charge in [-0.25, -0.2) is 0 Å². The molecule has 0 saturated carbocycles. The van der Waals surface area contributed by atoms with Gasteiger partial charge in [0.15, 0.2) is 0 Å². The van der Waals surface area contributed by atoms with Crippen molar-refractivity contribution in [1.29, 1.82) is 0 Å². The Hall–Kier alpha value is -1.10. The van der Waals surface area contributed by atoms with Crippen LogP contribution < -0.4 is 11.1 Å². The van der Waals surface area contributed by atoms with Crippen molar-refractivity contribution in [2.45, 2.75) is 52.6 Å². The number of nitrogens with two attached hydrogens (primary N) is 1. The van der Waals surface area contributed by atoms with Gasteiger partial charge in [-0.3, -0.25) is 9.59 Å². The second-order valence-corrected chi connectivity index (χ2v) is 6.09. The van der Waals surface area contributed by atoms with Gasteiger partial charge < -0.3 is 16.0 Å². The Morgan fingerprint density at radius 3 is 2.05 bits per heavy atom. The van der Waals surface area contributed by atoms with Crippen LogP contribution in [0.3, 0.4) is 0 Å². The minimum Gasteiger partial charge on any atom is -0.347 e. The lowest BCUT2D eigenvalue weighted by atomic mass is 10.00. The van der Waals surface area contributed by atoms with Crippen LogP contribution in [0, 0.1) is 11.8 Å². The van der Waals surface area contributed by atoms with E-state index < -0.39 is 6.04 Å². The predicted molar refractivity (Wildman–Crippen MR) is 77.5 cm³/mol. The molecule has 0 fully saturated rings. The smallest absolute Gasteiger partial charge is 0.244 e. The molecule has 112 valence electrons. The fourth-order valence-electron chi connectivity index (χ4n) is 1.71. The third-order valence-corrected chi connectivity index (χ3v) is 3.06. The lowest BCUT2D eigenvalue weighted by molar-refractivity contribution is -0.135. The Morgan fingerprint density at radius 2 is 1.68 bits per heavy atom. The molecule has 0 aliphatic carbocycles. The van der Waals surface area contributed by atoms with Gasteiger partial charge in [-0.1, -0.05) is 27.7 Å². The molecular weight excluding hydrogens is 242 g/mol. The molecule has 0 aromatic carbocycles. The minimum absolute atomic E-state index is 0.0693. The van der Waals surface area contributed by atoms with E-state index >= 15 is 0 Å². The topological polar surface area (TPSA) is 75.4 Å². The first-order chi connectivity index (χ1) is 8.65. The molecule has 2 unspecified atom stereocenters. The molecule has 0 aliphatic rings. The Labute approximate surface area is 116 Å². The molecule has 2 amide bonds. The van der Waals surface area contributed by atoms with E-state index in [0.717, 1.165) is 0 Å². The molecule has 0 radical (unpaired) electrons. The summed E-state index contributed by atoms with van der Waals surface area (Å²) in [5, 5.41) is 2.81. The van der Waals surface area contributed by atoms with Gasteiger partial charge in [-0.05, 0) is 18.3 Å². The van der Waals surface area contributed by atoms with Crippen LogP contribution in [0.5, 0.6) is 0 Å². The van der Waals surface area contributed by atoms with Crippen molar-refractivity contribution in [2.24, 2.45) is 17.6 Å². The summed E-state index contributed by atoms with van der Waals surface area (Å²) in [7, 11) is 3.39. The first-order valence-electron chi connectivity index (χ1n) is 6.91. The highest BCUT2D eigenvalue weighted by molar-refractivity contribution is 5.87. The number of nitrogens with zero attached hydrogens (tertiary/aromatic N) is 1. The lowest BCUT2D eigenvalue weighted by Gasteiger charge is -2.24. The van der Waals surface area contributed by atoms with Gasteiger partial charge in [0.05, 0.1) is 0 Å². The molecule has 19 heavy (non-hydrogen) atoms. The van der Waals surface area contributed by atoms with Crippen molar-refractivity contribution >= 4 is 11.8 Å². The van der Waals surface area contributed by atoms with Crippen molar-refractivity contribution in [3.8, 4) is 0 Å². The van der Waals surface area contributed by atoms with Gasteiger partial charge in [-0.2, -0.15) is 0 Å². The molecule has 3 N–H and O–H groups in total. The maximum atomic E-state index is 12.0. The zero-order chi connectivity index (χ0) is 15.2. The molecular formula is C14H29N3O2. The standard InChI is InChI=1S/C14H29N3O2/c1-9(2)7-12(14(19)17(5)6)16-13(18)8-11(15)10(3)4/h9-12H,7-8,15H2,1-6H3,(H,16,18). The van der Waals surface area contributed by atoms with Crippen molar-refractivity contribution in [2.75, 3.05) is 14.1 Å². The Morgan fingerprint density at radius 1 is 1.16 bits per heavy atom. The summed E-state index contributed by atoms with van der Waals surface area (Å²) in [6.07, 6.45) is 0.895. The number of hydrogen-bond acceptors (Lipinski definition) is 3. The normalized spacial score (nSPS) is 14.4. The lowest BCUT2D eigenvalue weighted by Crippen LogP contribution is -2.48. The van der Waals surface area contributed by atoms with Gasteiger partial charge in [0.2, 0.25) is 11.8 Å². The van der Waals surface area contributed by atoms with E-state index in [2.05, 4.69) is 5.32 Å². The van der Waals surface area contributed by atoms with Crippen LogP contribution in [0.2, 0.25) is 0 Å². The molecule has 0 heterocycles. The van der Waals surface area contributed by atoms with Crippen LogP contribution in [-0.4, -0.2) is 42.9 Å². The minimum atomic E-state index is -0.457. The van der Waals surface area contributed by atoms with Crippen molar-refractivity contribution in [3.05, 3.63) is 0 Å². The number of likely N-dealkylation sites (N-methyl/N-ethyl adjacent to an activating group) is 1. The molecule has 2 atom stereocenters. The Balaban J connectivity index is 4.55. The van der Waals surface area contributed by atoms with Crippen molar-refractivity contribution < 1.29 is 9.59 Å². The van der Waals surface area contributed by atoms with Gasteiger partial charge in [0, 0.05) is 26.6 Å². The molecule has 5 heteroatoms. The SMILES string of the molecule is CC(C)CC(NC(=O)CC(N)C(C)C)C(=O)N(C)C. The summed E-state index contributed by atoms with van der Waals surface area (Å²) in [5.74, 6) is 0.369. The molecule has 0 aromatic rings. The van der Waals surface area contributed by atoms with Crippen LogP contribution in [0.4, 0.5) is 0 Å². The van der Waals surface area contributed by atoms with E-state index in [1.807, 2.05) is 27.7 Å². The summed E-state index contributed by atoms with van der Waals surface area (Å²) in [6.45, 7) is 8.02.